The fraction of sp³-hybridized carbons (Fsp3) is 0.450. The summed E-state index contributed by atoms with van der Waals surface area (Å²) in [5, 5.41) is 8.09. The van der Waals surface area contributed by atoms with E-state index in [1.54, 1.807) is 24.5 Å². The number of aromatic nitrogens is 1. The van der Waals surface area contributed by atoms with Crippen LogP contribution >= 0.6 is 11.3 Å². The molecule has 0 bridgehead atoms. The van der Waals surface area contributed by atoms with Crippen LogP contribution in [-0.4, -0.2) is 62.3 Å². The van der Waals surface area contributed by atoms with E-state index in [2.05, 4.69) is 15.6 Å². The first-order chi connectivity index (χ1) is 14.0. The van der Waals surface area contributed by atoms with Crippen LogP contribution in [0.3, 0.4) is 0 Å². The number of anilines is 1. The van der Waals surface area contributed by atoms with Gasteiger partial charge in [-0.05, 0) is 25.0 Å². The van der Waals surface area contributed by atoms with E-state index in [9.17, 15) is 9.59 Å². The van der Waals surface area contributed by atoms with Crippen molar-refractivity contribution in [1.82, 2.24) is 15.2 Å². The number of aryl methyl sites for hydroxylation is 2. The number of methoxy groups -OCH3 is 2. The zero-order valence-electron chi connectivity index (χ0n) is 17.3. The minimum atomic E-state index is -0.257. The second-order valence-corrected chi connectivity index (χ2v) is 7.43. The quantitative estimate of drug-likeness (QED) is 0.577. The topological polar surface area (TPSA) is 92.8 Å². The van der Waals surface area contributed by atoms with E-state index in [-0.39, 0.29) is 18.5 Å². The SMILES string of the molecule is COCCNC(=O)c1csc(CN(CCOC)C(=O)Nc2c(C)cccc2C)n1. The molecule has 2 N–H and O–H groups in total. The summed E-state index contributed by atoms with van der Waals surface area (Å²) in [6.07, 6.45) is 0. The molecule has 9 heteroatoms. The average molecular weight is 421 g/mol. The van der Waals surface area contributed by atoms with Crippen molar-refractivity contribution in [1.29, 1.82) is 0 Å². The highest BCUT2D eigenvalue weighted by Crippen LogP contribution is 2.20. The fourth-order valence-corrected chi connectivity index (χ4v) is 3.45. The first-order valence-electron chi connectivity index (χ1n) is 9.28. The Bertz CT molecular complexity index is 804. The van der Waals surface area contributed by atoms with Gasteiger partial charge >= 0.3 is 6.03 Å². The zero-order valence-corrected chi connectivity index (χ0v) is 18.1. The lowest BCUT2D eigenvalue weighted by Gasteiger charge is -2.23. The Hall–Kier alpha value is -2.49. The summed E-state index contributed by atoms with van der Waals surface area (Å²) in [4.78, 5) is 31.0. The highest BCUT2D eigenvalue weighted by molar-refractivity contribution is 7.09. The van der Waals surface area contributed by atoms with Crippen LogP contribution < -0.4 is 10.6 Å². The third-order valence-electron chi connectivity index (χ3n) is 4.27. The van der Waals surface area contributed by atoms with Crippen molar-refractivity contribution in [2.75, 3.05) is 45.8 Å². The summed E-state index contributed by atoms with van der Waals surface area (Å²) in [7, 11) is 3.17. The van der Waals surface area contributed by atoms with E-state index >= 15 is 0 Å². The van der Waals surface area contributed by atoms with Gasteiger partial charge in [-0.2, -0.15) is 0 Å². The molecule has 2 rings (SSSR count). The van der Waals surface area contributed by atoms with Crippen LogP contribution in [0.25, 0.3) is 0 Å². The summed E-state index contributed by atoms with van der Waals surface area (Å²) in [5.74, 6) is -0.257. The van der Waals surface area contributed by atoms with Crippen molar-refractivity contribution in [2.24, 2.45) is 0 Å². The molecule has 0 fully saturated rings. The number of carbonyl (C=O) groups excluding carboxylic acids is 2. The van der Waals surface area contributed by atoms with Crippen molar-refractivity contribution in [3.8, 4) is 0 Å². The number of para-hydroxylation sites is 1. The molecule has 0 aliphatic rings. The Balaban J connectivity index is 2.06. The van der Waals surface area contributed by atoms with Crippen LogP contribution in [0, 0.1) is 13.8 Å². The lowest BCUT2D eigenvalue weighted by atomic mass is 10.1. The predicted molar refractivity (Wildman–Crippen MR) is 114 cm³/mol. The molecule has 0 unspecified atom stereocenters. The van der Waals surface area contributed by atoms with Crippen LogP contribution in [-0.2, 0) is 16.0 Å². The number of rotatable bonds is 10. The molecule has 0 aliphatic heterocycles. The van der Waals surface area contributed by atoms with Crippen LogP contribution in [0.15, 0.2) is 23.6 Å². The molecule has 0 atom stereocenters. The minimum Gasteiger partial charge on any atom is -0.383 e. The largest absolute Gasteiger partial charge is 0.383 e. The Morgan fingerprint density at radius 3 is 2.48 bits per heavy atom. The molecule has 0 radical (unpaired) electrons. The predicted octanol–water partition coefficient (Wildman–Crippen LogP) is 2.82. The van der Waals surface area contributed by atoms with E-state index in [1.165, 1.54) is 11.3 Å². The number of ether oxygens (including phenoxy) is 2. The van der Waals surface area contributed by atoms with Crippen molar-refractivity contribution in [3.63, 3.8) is 0 Å². The summed E-state index contributed by atoms with van der Waals surface area (Å²) in [5.41, 5.74) is 3.13. The number of urea groups is 1. The number of nitrogens with one attached hydrogen (secondary N) is 2. The summed E-state index contributed by atoms with van der Waals surface area (Å²) in [6, 6.07) is 5.63. The summed E-state index contributed by atoms with van der Waals surface area (Å²) < 4.78 is 10.1. The maximum absolute atomic E-state index is 12.9. The number of nitrogens with zero attached hydrogens (tertiary/aromatic N) is 2. The molecule has 8 nitrogen and oxygen atoms in total. The van der Waals surface area contributed by atoms with Gasteiger partial charge in [-0.25, -0.2) is 9.78 Å². The standard InChI is InChI=1S/C20H28N4O4S/c1-14-6-5-7-15(2)18(14)23-20(26)24(9-11-28-4)12-17-22-16(13-29-17)19(25)21-8-10-27-3/h5-7,13H,8-12H2,1-4H3,(H,21,25)(H,23,26). The lowest BCUT2D eigenvalue weighted by Crippen LogP contribution is -2.37. The maximum atomic E-state index is 12.9. The van der Waals surface area contributed by atoms with Gasteiger partial charge in [0, 0.05) is 38.4 Å². The third kappa shape index (κ3) is 6.81. The van der Waals surface area contributed by atoms with Gasteiger partial charge in [0.1, 0.15) is 10.7 Å². The second-order valence-electron chi connectivity index (χ2n) is 6.49. The molecule has 0 saturated heterocycles. The molecule has 0 spiro atoms. The van der Waals surface area contributed by atoms with Gasteiger partial charge < -0.3 is 25.0 Å². The van der Waals surface area contributed by atoms with Gasteiger partial charge in [0.2, 0.25) is 0 Å². The van der Waals surface area contributed by atoms with Gasteiger partial charge in [0.05, 0.1) is 19.8 Å². The zero-order chi connectivity index (χ0) is 21.2. The van der Waals surface area contributed by atoms with E-state index in [0.717, 1.165) is 16.8 Å². The fourth-order valence-electron chi connectivity index (χ4n) is 2.66. The first kappa shape index (κ1) is 22.8. The van der Waals surface area contributed by atoms with Crippen molar-refractivity contribution >= 4 is 29.0 Å². The van der Waals surface area contributed by atoms with Crippen LogP contribution in [0.5, 0.6) is 0 Å². The van der Waals surface area contributed by atoms with E-state index in [4.69, 9.17) is 9.47 Å². The Morgan fingerprint density at radius 2 is 1.83 bits per heavy atom. The third-order valence-corrected chi connectivity index (χ3v) is 5.10. The number of amides is 3. The molecule has 3 amide bonds. The maximum Gasteiger partial charge on any atom is 0.322 e. The Labute approximate surface area is 175 Å². The minimum absolute atomic E-state index is 0.235. The van der Waals surface area contributed by atoms with Crippen molar-refractivity contribution in [3.05, 3.63) is 45.4 Å². The normalized spacial score (nSPS) is 10.6. The van der Waals surface area contributed by atoms with Crippen LogP contribution in [0.1, 0.15) is 26.6 Å². The summed E-state index contributed by atoms with van der Waals surface area (Å²) in [6.45, 7) is 5.86. The van der Waals surface area contributed by atoms with Gasteiger partial charge in [0.15, 0.2) is 0 Å². The molecule has 2 aromatic rings. The molecule has 1 heterocycles. The molecule has 158 valence electrons. The average Bonchev–Trinajstić information content (AvgIpc) is 3.17. The van der Waals surface area contributed by atoms with E-state index < -0.39 is 0 Å². The van der Waals surface area contributed by atoms with Crippen molar-refractivity contribution < 1.29 is 19.1 Å². The first-order valence-corrected chi connectivity index (χ1v) is 10.2. The number of hydrogen-bond donors (Lipinski definition) is 2. The number of carbonyl (C=O) groups is 2. The van der Waals surface area contributed by atoms with Crippen molar-refractivity contribution in [2.45, 2.75) is 20.4 Å². The van der Waals surface area contributed by atoms with E-state index in [0.29, 0.717) is 37.0 Å². The highest BCUT2D eigenvalue weighted by Gasteiger charge is 2.18. The number of benzene rings is 1. The smallest absolute Gasteiger partial charge is 0.322 e. The number of hydrogen-bond acceptors (Lipinski definition) is 6. The van der Waals surface area contributed by atoms with Gasteiger partial charge in [-0.15, -0.1) is 11.3 Å². The molecule has 1 aromatic heterocycles. The highest BCUT2D eigenvalue weighted by atomic mass is 32.1. The second kappa shape index (κ2) is 11.5. The lowest BCUT2D eigenvalue weighted by molar-refractivity contribution is 0.0932. The van der Waals surface area contributed by atoms with Gasteiger partial charge in [0.25, 0.3) is 5.91 Å². The molecule has 29 heavy (non-hydrogen) atoms. The Kier molecular flexibility index (Phi) is 9.04. The van der Waals surface area contributed by atoms with E-state index in [1.807, 2.05) is 32.0 Å². The molecule has 0 aliphatic carbocycles. The summed E-state index contributed by atoms with van der Waals surface area (Å²) >= 11 is 1.34. The van der Waals surface area contributed by atoms with Gasteiger partial charge in [-0.1, -0.05) is 18.2 Å². The molecular weight excluding hydrogens is 392 g/mol. The molecular formula is C20H28N4O4S. The van der Waals surface area contributed by atoms with Gasteiger partial charge in [-0.3, -0.25) is 4.79 Å². The Morgan fingerprint density at radius 1 is 1.14 bits per heavy atom. The van der Waals surface area contributed by atoms with Crippen LogP contribution in [0.4, 0.5) is 10.5 Å². The molecule has 0 saturated carbocycles. The van der Waals surface area contributed by atoms with Crippen LogP contribution in [0.2, 0.25) is 0 Å². The monoisotopic (exact) mass is 420 g/mol. The number of thiazole rings is 1. The molecule has 1 aromatic carbocycles.